The Balaban J connectivity index is 1.16. The highest BCUT2D eigenvalue weighted by atomic mass is 35.5. The van der Waals surface area contributed by atoms with Gasteiger partial charge in [-0.2, -0.15) is 0 Å². The molecule has 0 bridgehead atoms. The zero-order valence-corrected chi connectivity index (χ0v) is 18.2. The average Bonchev–Trinajstić information content (AvgIpc) is 3.04. The van der Waals surface area contributed by atoms with Crippen LogP contribution < -0.4 is 4.90 Å². The van der Waals surface area contributed by atoms with Crippen LogP contribution in [0.4, 0.5) is 5.69 Å². The molecule has 6 nitrogen and oxygen atoms in total. The van der Waals surface area contributed by atoms with Crippen molar-refractivity contribution in [2.24, 2.45) is 0 Å². The molecule has 2 aliphatic heterocycles. The van der Waals surface area contributed by atoms with Gasteiger partial charge in [0, 0.05) is 49.9 Å². The first-order valence-electron chi connectivity index (χ1n) is 10.8. The highest BCUT2D eigenvalue weighted by molar-refractivity contribution is 6.30. The summed E-state index contributed by atoms with van der Waals surface area (Å²) >= 11 is 6.08. The molecule has 0 unspecified atom stereocenters. The van der Waals surface area contributed by atoms with Crippen LogP contribution in [0.3, 0.4) is 0 Å². The maximum absolute atomic E-state index is 12.5. The van der Waals surface area contributed by atoms with Crippen LogP contribution in [-0.2, 0) is 4.79 Å². The van der Waals surface area contributed by atoms with Crippen LogP contribution in [0.2, 0.25) is 5.02 Å². The highest BCUT2D eigenvalue weighted by Crippen LogP contribution is 2.23. The van der Waals surface area contributed by atoms with Gasteiger partial charge < -0.3 is 9.80 Å². The average molecular weight is 440 g/mol. The molecule has 1 fully saturated rings. The smallest absolute Gasteiger partial charge is 0.261 e. The fourth-order valence-electron chi connectivity index (χ4n) is 4.21. The molecule has 4 rings (SSSR count). The predicted octanol–water partition coefficient (Wildman–Crippen LogP) is 3.85. The van der Waals surface area contributed by atoms with Crippen molar-refractivity contribution < 1.29 is 14.4 Å². The van der Waals surface area contributed by atoms with Crippen molar-refractivity contribution in [3.05, 3.63) is 64.7 Å². The van der Waals surface area contributed by atoms with Gasteiger partial charge in [0.05, 0.1) is 11.1 Å². The van der Waals surface area contributed by atoms with E-state index < -0.39 is 0 Å². The lowest BCUT2D eigenvalue weighted by Gasteiger charge is -2.36. The number of imide groups is 1. The fourth-order valence-corrected chi connectivity index (χ4v) is 4.39. The first kappa shape index (κ1) is 21.4. The second-order valence-electron chi connectivity index (χ2n) is 7.97. The molecule has 0 aromatic heterocycles. The number of rotatable bonds is 7. The van der Waals surface area contributed by atoms with Crippen LogP contribution in [0, 0.1) is 0 Å². The SMILES string of the molecule is O=C(CCCCCN1C(=O)c2ccccc2C1=O)N1CCN(c2cccc(Cl)c2)CC1. The summed E-state index contributed by atoms with van der Waals surface area (Å²) < 4.78 is 0. The minimum absolute atomic E-state index is 0.173. The van der Waals surface area contributed by atoms with Crippen molar-refractivity contribution in [2.75, 3.05) is 37.6 Å². The second-order valence-corrected chi connectivity index (χ2v) is 8.40. The van der Waals surface area contributed by atoms with Gasteiger partial charge in [-0.05, 0) is 43.2 Å². The van der Waals surface area contributed by atoms with Crippen molar-refractivity contribution in [3.8, 4) is 0 Å². The number of halogens is 1. The van der Waals surface area contributed by atoms with E-state index in [0.717, 1.165) is 36.6 Å². The number of unbranched alkanes of at least 4 members (excludes halogenated alkanes) is 2. The first-order valence-corrected chi connectivity index (χ1v) is 11.2. The number of amides is 3. The van der Waals surface area contributed by atoms with Crippen molar-refractivity contribution in [1.82, 2.24) is 9.80 Å². The highest BCUT2D eigenvalue weighted by Gasteiger charge is 2.34. The molecular formula is C24H26ClN3O3. The van der Waals surface area contributed by atoms with Gasteiger partial charge in [-0.3, -0.25) is 19.3 Å². The minimum Gasteiger partial charge on any atom is -0.368 e. The van der Waals surface area contributed by atoms with Crippen molar-refractivity contribution in [2.45, 2.75) is 25.7 Å². The zero-order chi connectivity index (χ0) is 21.8. The van der Waals surface area contributed by atoms with Gasteiger partial charge in [-0.25, -0.2) is 0 Å². The monoisotopic (exact) mass is 439 g/mol. The summed E-state index contributed by atoms with van der Waals surface area (Å²) in [6.45, 7) is 3.41. The van der Waals surface area contributed by atoms with Crippen molar-refractivity contribution >= 4 is 35.0 Å². The fraction of sp³-hybridized carbons (Fsp3) is 0.375. The third-order valence-electron chi connectivity index (χ3n) is 5.96. The van der Waals surface area contributed by atoms with Gasteiger partial charge in [-0.15, -0.1) is 0 Å². The van der Waals surface area contributed by atoms with Gasteiger partial charge in [0.25, 0.3) is 11.8 Å². The molecule has 7 heteroatoms. The Kier molecular flexibility index (Phi) is 6.56. The van der Waals surface area contributed by atoms with Crippen LogP contribution >= 0.6 is 11.6 Å². The lowest BCUT2D eigenvalue weighted by Crippen LogP contribution is -2.48. The summed E-state index contributed by atoms with van der Waals surface area (Å²) in [6.07, 6.45) is 2.78. The minimum atomic E-state index is -0.214. The third-order valence-corrected chi connectivity index (χ3v) is 6.19. The summed E-state index contributed by atoms with van der Waals surface area (Å²) in [5, 5.41) is 0.720. The topological polar surface area (TPSA) is 60.9 Å². The van der Waals surface area contributed by atoms with Gasteiger partial charge in [0.1, 0.15) is 0 Å². The van der Waals surface area contributed by atoms with E-state index in [0.29, 0.717) is 43.6 Å². The Morgan fingerprint density at radius 2 is 1.52 bits per heavy atom. The lowest BCUT2D eigenvalue weighted by atomic mass is 10.1. The number of piperazine rings is 1. The summed E-state index contributed by atoms with van der Waals surface area (Å²) in [5.41, 5.74) is 2.06. The van der Waals surface area contributed by atoms with E-state index in [2.05, 4.69) is 4.90 Å². The van der Waals surface area contributed by atoms with E-state index in [-0.39, 0.29) is 17.7 Å². The number of nitrogens with zero attached hydrogens (tertiary/aromatic N) is 3. The molecule has 2 aromatic rings. The summed E-state index contributed by atoms with van der Waals surface area (Å²) in [4.78, 5) is 42.8. The molecule has 0 N–H and O–H groups in total. The van der Waals surface area contributed by atoms with E-state index in [1.54, 1.807) is 24.3 Å². The number of benzene rings is 2. The Hall–Kier alpha value is -2.86. The van der Waals surface area contributed by atoms with Gasteiger partial charge in [0.15, 0.2) is 0 Å². The third kappa shape index (κ3) is 4.74. The number of carbonyl (C=O) groups is 3. The van der Waals surface area contributed by atoms with Gasteiger partial charge in [0.2, 0.25) is 5.91 Å². The van der Waals surface area contributed by atoms with E-state index >= 15 is 0 Å². The lowest BCUT2D eigenvalue weighted by molar-refractivity contribution is -0.131. The largest absolute Gasteiger partial charge is 0.368 e. The Bertz CT molecular complexity index is 951. The molecule has 0 radical (unpaired) electrons. The summed E-state index contributed by atoms with van der Waals surface area (Å²) in [7, 11) is 0. The molecule has 2 aromatic carbocycles. The Labute approximate surface area is 187 Å². The number of anilines is 1. The molecule has 0 spiro atoms. The molecular weight excluding hydrogens is 414 g/mol. The number of fused-ring (bicyclic) bond motifs is 1. The summed E-state index contributed by atoms with van der Waals surface area (Å²) in [6, 6.07) is 14.7. The molecule has 2 aliphatic rings. The molecule has 2 heterocycles. The van der Waals surface area contributed by atoms with E-state index in [1.807, 2.05) is 29.2 Å². The second kappa shape index (κ2) is 9.52. The van der Waals surface area contributed by atoms with Crippen LogP contribution in [0.25, 0.3) is 0 Å². The Morgan fingerprint density at radius 1 is 0.839 bits per heavy atom. The van der Waals surface area contributed by atoms with Crippen LogP contribution in [0.1, 0.15) is 46.4 Å². The van der Waals surface area contributed by atoms with Gasteiger partial charge in [-0.1, -0.05) is 36.2 Å². The normalized spacial score (nSPS) is 16.1. The first-order chi connectivity index (χ1) is 15.0. The molecule has 1 saturated heterocycles. The van der Waals surface area contributed by atoms with Crippen LogP contribution in [0.5, 0.6) is 0 Å². The molecule has 0 atom stereocenters. The standard InChI is InChI=1S/C24H26ClN3O3/c25-18-7-6-8-19(17-18)26-13-15-27(16-14-26)22(29)11-2-1-5-12-28-23(30)20-9-3-4-10-21(20)24(28)31/h3-4,6-10,17H,1-2,5,11-16H2. The van der Waals surface area contributed by atoms with Crippen molar-refractivity contribution in [3.63, 3.8) is 0 Å². The van der Waals surface area contributed by atoms with E-state index in [1.165, 1.54) is 4.90 Å². The molecule has 0 saturated carbocycles. The Morgan fingerprint density at radius 3 is 2.16 bits per heavy atom. The quantitative estimate of drug-likeness (QED) is 0.485. The van der Waals surface area contributed by atoms with Crippen molar-refractivity contribution in [1.29, 1.82) is 0 Å². The maximum Gasteiger partial charge on any atom is 0.261 e. The van der Waals surface area contributed by atoms with Crippen LogP contribution in [0.15, 0.2) is 48.5 Å². The summed E-state index contributed by atoms with van der Waals surface area (Å²) in [5.74, 6) is -0.255. The zero-order valence-electron chi connectivity index (χ0n) is 17.4. The van der Waals surface area contributed by atoms with E-state index in [9.17, 15) is 14.4 Å². The van der Waals surface area contributed by atoms with Gasteiger partial charge >= 0.3 is 0 Å². The molecule has 31 heavy (non-hydrogen) atoms. The molecule has 162 valence electrons. The van der Waals surface area contributed by atoms with Crippen LogP contribution in [-0.4, -0.2) is 60.2 Å². The maximum atomic E-state index is 12.5. The predicted molar refractivity (Wildman–Crippen MR) is 121 cm³/mol. The molecule has 3 amide bonds. The number of hydrogen-bond donors (Lipinski definition) is 0. The molecule has 0 aliphatic carbocycles. The number of carbonyl (C=O) groups excluding carboxylic acids is 3. The number of hydrogen-bond acceptors (Lipinski definition) is 4. The van der Waals surface area contributed by atoms with E-state index in [4.69, 9.17) is 11.6 Å².